The summed E-state index contributed by atoms with van der Waals surface area (Å²) in [5.74, 6) is 0.261. The molecule has 0 aliphatic carbocycles. The molecule has 2 unspecified atom stereocenters. The van der Waals surface area contributed by atoms with Gasteiger partial charge in [0.15, 0.2) is 0 Å². The van der Waals surface area contributed by atoms with Crippen LogP contribution in [0.5, 0.6) is 0 Å². The van der Waals surface area contributed by atoms with Crippen LogP contribution in [0.1, 0.15) is 12.8 Å². The zero-order valence-electron chi connectivity index (χ0n) is 10.5. The van der Waals surface area contributed by atoms with Gasteiger partial charge in [0.1, 0.15) is 9.84 Å². The first-order chi connectivity index (χ1) is 7.96. The molecule has 0 radical (unpaired) electrons. The van der Waals surface area contributed by atoms with E-state index < -0.39 is 9.84 Å². The molecular weight excluding hydrogens is 238 g/mol. The van der Waals surface area contributed by atoms with Crippen LogP contribution in [-0.4, -0.2) is 75.0 Å². The van der Waals surface area contributed by atoms with Gasteiger partial charge in [0.2, 0.25) is 0 Å². The van der Waals surface area contributed by atoms with Gasteiger partial charge in [-0.2, -0.15) is 0 Å². The molecule has 0 aromatic rings. The Bertz CT molecular complexity index is 350. The highest BCUT2D eigenvalue weighted by atomic mass is 32.2. The fourth-order valence-corrected chi connectivity index (χ4v) is 3.53. The first kappa shape index (κ1) is 13.3. The van der Waals surface area contributed by atoms with Gasteiger partial charge in [0.05, 0.1) is 0 Å². The lowest BCUT2D eigenvalue weighted by Gasteiger charge is -2.49. The van der Waals surface area contributed by atoms with Crippen molar-refractivity contribution in [1.82, 2.24) is 9.80 Å². The van der Waals surface area contributed by atoms with Crippen LogP contribution in [0.25, 0.3) is 0 Å². The van der Waals surface area contributed by atoms with E-state index in [1.54, 1.807) is 0 Å². The molecule has 0 aromatic carbocycles. The molecular formula is C11H23N3O2S. The van der Waals surface area contributed by atoms with E-state index in [0.717, 1.165) is 39.1 Å². The Hall–Kier alpha value is -0.170. The smallest absolute Gasteiger partial charge is 0.147 e. The number of fused-ring (bicyclic) bond motifs is 3. The summed E-state index contributed by atoms with van der Waals surface area (Å²) in [5, 5.41) is 0. The Morgan fingerprint density at radius 1 is 1.29 bits per heavy atom. The molecule has 0 spiro atoms. The van der Waals surface area contributed by atoms with E-state index in [0.29, 0.717) is 12.5 Å². The fraction of sp³-hybridized carbons (Fsp3) is 1.00. The van der Waals surface area contributed by atoms with E-state index in [1.807, 2.05) is 0 Å². The molecule has 2 atom stereocenters. The highest BCUT2D eigenvalue weighted by molar-refractivity contribution is 7.90. The Balaban J connectivity index is 1.78. The van der Waals surface area contributed by atoms with Crippen molar-refractivity contribution in [2.75, 3.05) is 44.7 Å². The number of hydrogen-bond donors (Lipinski definition) is 1. The molecule has 0 saturated carbocycles. The van der Waals surface area contributed by atoms with E-state index in [1.165, 1.54) is 6.26 Å². The predicted molar refractivity (Wildman–Crippen MR) is 68.7 cm³/mol. The van der Waals surface area contributed by atoms with Gasteiger partial charge in [-0.3, -0.25) is 9.80 Å². The quantitative estimate of drug-likeness (QED) is 0.697. The Kier molecular flexibility index (Phi) is 4.07. The first-order valence-corrected chi connectivity index (χ1v) is 8.41. The van der Waals surface area contributed by atoms with Gasteiger partial charge in [-0.15, -0.1) is 0 Å². The number of piperazine rings is 3. The van der Waals surface area contributed by atoms with E-state index in [9.17, 15) is 8.42 Å². The van der Waals surface area contributed by atoms with Crippen molar-refractivity contribution in [2.24, 2.45) is 5.73 Å². The molecule has 0 aromatic heterocycles. The van der Waals surface area contributed by atoms with Crippen LogP contribution in [0.4, 0.5) is 0 Å². The Labute approximate surface area is 104 Å². The number of nitrogens with two attached hydrogens (primary N) is 1. The second-order valence-corrected chi connectivity index (χ2v) is 7.60. The van der Waals surface area contributed by atoms with Gasteiger partial charge < -0.3 is 5.73 Å². The molecule has 2 bridgehead atoms. The summed E-state index contributed by atoms with van der Waals surface area (Å²) >= 11 is 0. The zero-order chi connectivity index (χ0) is 12.5. The topological polar surface area (TPSA) is 66.6 Å². The number of nitrogens with zero attached hydrogens (tertiary/aromatic N) is 2. The van der Waals surface area contributed by atoms with Gasteiger partial charge in [0.25, 0.3) is 0 Å². The van der Waals surface area contributed by atoms with Crippen molar-refractivity contribution in [3.05, 3.63) is 0 Å². The normalized spacial score (nSPS) is 34.8. The van der Waals surface area contributed by atoms with Crippen LogP contribution >= 0.6 is 0 Å². The molecule has 3 saturated heterocycles. The SMILES string of the molecule is CS(=O)(=O)CCCC(N)C1CN2CCN1CC2. The minimum Gasteiger partial charge on any atom is -0.326 e. The molecule has 0 amide bonds. The standard InChI is InChI=1S/C11H23N3O2S/c1-17(15,16)8-2-3-10(12)11-9-13-4-6-14(11)7-5-13/h10-11H,2-9,12H2,1H3. The first-order valence-electron chi connectivity index (χ1n) is 6.35. The van der Waals surface area contributed by atoms with Crippen molar-refractivity contribution in [2.45, 2.75) is 24.9 Å². The lowest BCUT2D eigenvalue weighted by atomic mass is 9.97. The molecule has 5 nitrogen and oxygen atoms in total. The van der Waals surface area contributed by atoms with Crippen LogP contribution in [-0.2, 0) is 9.84 Å². The second kappa shape index (κ2) is 5.22. The van der Waals surface area contributed by atoms with Crippen LogP contribution in [0.2, 0.25) is 0 Å². The van der Waals surface area contributed by atoms with Gasteiger partial charge in [-0.1, -0.05) is 0 Å². The molecule has 100 valence electrons. The van der Waals surface area contributed by atoms with Gasteiger partial charge in [0, 0.05) is 56.8 Å². The maximum absolute atomic E-state index is 11.1. The zero-order valence-corrected chi connectivity index (χ0v) is 11.3. The van der Waals surface area contributed by atoms with E-state index in [4.69, 9.17) is 5.73 Å². The molecule has 3 aliphatic rings. The molecule has 3 fully saturated rings. The molecule has 3 aliphatic heterocycles. The minimum atomic E-state index is -2.84. The average Bonchev–Trinajstić information content (AvgIpc) is 2.28. The van der Waals surface area contributed by atoms with Gasteiger partial charge in [-0.25, -0.2) is 8.42 Å². The lowest BCUT2D eigenvalue weighted by Crippen LogP contribution is -2.65. The number of sulfone groups is 1. The van der Waals surface area contributed by atoms with Gasteiger partial charge in [-0.05, 0) is 12.8 Å². The highest BCUT2D eigenvalue weighted by Gasteiger charge is 2.34. The molecule has 3 heterocycles. The minimum absolute atomic E-state index is 0.111. The summed E-state index contributed by atoms with van der Waals surface area (Å²) in [6.45, 7) is 5.61. The van der Waals surface area contributed by atoms with Crippen molar-refractivity contribution in [3.8, 4) is 0 Å². The average molecular weight is 261 g/mol. The maximum atomic E-state index is 11.1. The maximum Gasteiger partial charge on any atom is 0.147 e. The van der Waals surface area contributed by atoms with Crippen LogP contribution in [0.15, 0.2) is 0 Å². The second-order valence-electron chi connectivity index (χ2n) is 5.34. The van der Waals surface area contributed by atoms with Gasteiger partial charge >= 0.3 is 0 Å². The Morgan fingerprint density at radius 3 is 2.41 bits per heavy atom. The third-order valence-corrected chi connectivity index (χ3v) is 4.90. The largest absolute Gasteiger partial charge is 0.326 e. The lowest BCUT2D eigenvalue weighted by molar-refractivity contribution is 0.00138. The molecule has 2 N–H and O–H groups in total. The highest BCUT2D eigenvalue weighted by Crippen LogP contribution is 2.19. The summed E-state index contributed by atoms with van der Waals surface area (Å²) < 4.78 is 22.1. The summed E-state index contributed by atoms with van der Waals surface area (Å²) in [6.07, 6.45) is 2.78. The van der Waals surface area contributed by atoms with E-state index >= 15 is 0 Å². The van der Waals surface area contributed by atoms with Crippen molar-refractivity contribution in [3.63, 3.8) is 0 Å². The van der Waals surface area contributed by atoms with E-state index in [-0.39, 0.29) is 11.8 Å². The van der Waals surface area contributed by atoms with Crippen molar-refractivity contribution in [1.29, 1.82) is 0 Å². The molecule has 17 heavy (non-hydrogen) atoms. The monoisotopic (exact) mass is 261 g/mol. The number of hydrogen-bond acceptors (Lipinski definition) is 5. The Morgan fingerprint density at radius 2 is 1.94 bits per heavy atom. The van der Waals surface area contributed by atoms with Crippen LogP contribution in [0, 0.1) is 0 Å². The van der Waals surface area contributed by atoms with Crippen LogP contribution < -0.4 is 5.73 Å². The molecule has 6 heteroatoms. The summed E-state index contributed by atoms with van der Waals surface area (Å²) in [7, 11) is -2.84. The van der Waals surface area contributed by atoms with Crippen molar-refractivity contribution < 1.29 is 8.42 Å². The third kappa shape index (κ3) is 3.64. The summed E-state index contributed by atoms with van der Waals surface area (Å²) in [5.41, 5.74) is 6.20. The molecule has 3 rings (SSSR count). The number of rotatable bonds is 5. The third-order valence-electron chi connectivity index (χ3n) is 3.87. The van der Waals surface area contributed by atoms with Crippen molar-refractivity contribution >= 4 is 9.84 Å². The predicted octanol–water partition coefficient (Wildman–Crippen LogP) is -0.862. The summed E-state index contributed by atoms with van der Waals surface area (Å²) in [6, 6.07) is 0.539. The fourth-order valence-electron chi connectivity index (χ4n) is 2.84. The summed E-state index contributed by atoms with van der Waals surface area (Å²) in [4.78, 5) is 4.92. The van der Waals surface area contributed by atoms with E-state index in [2.05, 4.69) is 9.80 Å². The van der Waals surface area contributed by atoms with Crippen LogP contribution in [0.3, 0.4) is 0 Å².